The van der Waals surface area contributed by atoms with Gasteiger partial charge < -0.3 is 24.2 Å². The number of nitrogens with zero attached hydrogens (tertiary/aromatic N) is 5. The van der Waals surface area contributed by atoms with Gasteiger partial charge in [-0.2, -0.15) is 22.0 Å². The zero-order chi connectivity index (χ0) is 36.3. The van der Waals surface area contributed by atoms with Crippen LogP contribution in [0.4, 0.5) is 33.6 Å². The van der Waals surface area contributed by atoms with E-state index in [1.807, 2.05) is 0 Å². The van der Waals surface area contributed by atoms with Crippen molar-refractivity contribution in [2.24, 2.45) is 10.8 Å². The SMILES string of the molecule is CC(C)(CN1CCCOCC(F)(F)c2ccccc2-c2nc(ccc2-n2ccc(OCC(C)(C)C(F)(F)F)n2)NSc2cccc1n2)C(=O)O. The largest absolute Gasteiger partial charge is 0.481 e. The molecule has 4 aromatic rings. The number of benzene rings is 1. The molecule has 50 heavy (non-hydrogen) atoms. The lowest BCUT2D eigenvalue weighted by Crippen LogP contribution is -2.40. The second kappa shape index (κ2) is 14.4. The summed E-state index contributed by atoms with van der Waals surface area (Å²) in [7, 11) is 0. The third-order valence-corrected chi connectivity index (χ3v) is 8.82. The zero-order valence-electron chi connectivity index (χ0n) is 27.8. The molecule has 2 N–H and O–H groups in total. The summed E-state index contributed by atoms with van der Waals surface area (Å²) in [6.45, 7) is 4.02. The summed E-state index contributed by atoms with van der Waals surface area (Å²) in [5.74, 6) is -3.73. The lowest BCUT2D eigenvalue weighted by Gasteiger charge is -2.31. The van der Waals surface area contributed by atoms with Crippen molar-refractivity contribution in [1.29, 1.82) is 0 Å². The van der Waals surface area contributed by atoms with E-state index in [1.165, 1.54) is 35.1 Å². The monoisotopic (exact) mass is 720 g/mol. The highest BCUT2D eigenvalue weighted by Crippen LogP contribution is 2.40. The first kappa shape index (κ1) is 36.8. The van der Waals surface area contributed by atoms with Gasteiger partial charge >= 0.3 is 12.1 Å². The van der Waals surface area contributed by atoms with Gasteiger partial charge in [0.1, 0.15) is 29.9 Å². The number of ether oxygens (including phenoxy) is 2. The second-order valence-corrected chi connectivity index (χ2v) is 14.0. The number of carbonyl (C=O) groups is 1. The van der Waals surface area contributed by atoms with Crippen LogP contribution in [0.3, 0.4) is 0 Å². The summed E-state index contributed by atoms with van der Waals surface area (Å²) >= 11 is 1.12. The highest BCUT2D eigenvalue weighted by atomic mass is 32.2. The van der Waals surface area contributed by atoms with Crippen LogP contribution in [-0.4, -0.2) is 69.9 Å². The predicted octanol–water partition coefficient (Wildman–Crippen LogP) is 7.85. The Morgan fingerprint density at radius 2 is 1.80 bits per heavy atom. The van der Waals surface area contributed by atoms with Gasteiger partial charge in [0.2, 0.25) is 5.88 Å². The van der Waals surface area contributed by atoms with Crippen LogP contribution in [0.15, 0.2) is 71.9 Å². The number of aromatic nitrogens is 4. The summed E-state index contributed by atoms with van der Waals surface area (Å²) < 4.78 is 87.4. The van der Waals surface area contributed by atoms with Crippen LogP contribution in [0, 0.1) is 10.8 Å². The molecule has 4 heterocycles. The molecular weight excluding hydrogens is 683 g/mol. The van der Waals surface area contributed by atoms with Gasteiger partial charge in [0.15, 0.2) is 0 Å². The van der Waals surface area contributed by atoms with Crippen LogP contribution >= 0.6 is 11.9 Å². The Kier molecular flexibility index (Phi) is 10.6. The molecule has 0 aliphatic carbocycles. The number of rotatable bonds is 7. The Balaban J connectivity index is 1.53. The van der Waals surface area contributed by atoms with E-state index in [9.17, 15) is 23.1 Å². The number of pyridine rings is 2. The van der Waals surface area contributed by atoms with Crippen molar-refractivity contribution < 1.29 is 41.3 Å². The van der Waals surface area contributed by atoms with Crippen LogP contribution in [0.5, 0.6) is 5.88 Å². The van der Waals surface area contributed by atoms with E-state index in [2.05, 4.69) is 9.82 Å². The Morgan fingerprint density at radius 3 is 2.54 bits per heavy atom. The fourth-order valence-corrected chi connectivity index (χ4v) is 5.56. The van der Waals surface area contributed by atoms with Crippen molar-refractivity contribution in [3.8, 4) is 22.8 Å². The number of aliphatic carboxylic acids is 1. The maximum absolute atomic E-state index is 15.9. The first-order valence-electron chi connectivity index (χ1n) is 15.7. The highest BCUT2D eigenvalue weighted by Gasteiger charge is 2.48. The van der Waals surface area contributed by atoms with Gasteiger partial charge in [-0.15, -0.1) is 5.10 Å². The molecule has 268 valence electrons. The van der Waals surface area contributed by atoms with Gasteiger partial charge in [-0.1, -0.05) is 30.3 Å². The second-order valence-electron chi connectivity index (χ2n) is 13.1. The number of nitrogens with one attached hydrogen (secondary N) is 1. The molecule has 0 spiro atoms. The number of anilines is 2. The average molecular weight is 721 g/mol. The maximum Gasteiger partial charge on any atom is 0.397 e. The summed E-state index contributed by atoms with van der Waals surface area (Å²) in [4.78, 5) is 23.1. The maximum atomic E-state index is 15.9. The van der Waals surface area contributed by atoms with E-state index in [0.29, 0.717) is 29.6 Å². The minimum atomic E-state index is -4.50. The average Bonchev–Trinajstić information content (AvgIpc) is 3.54. The Bertz CT molecular complexity index is 1820. The Labute approximate surface area is 290 Å². The Hall–Kier alpha value is -4.44. The topological polar surface area (TPSA) is 115 Å². The van der Waals surface area contributed by atoms with E-state index in [1.54, 1.807) is 55.1 Å². The van der Waals surface area contributed by atoms with Crippen molar-refractivity contribution in [2.45, 2.75) is 51.2 Å². The van der Waals surface area contributed by atoms with Crippen molar-refractivity contribution in [3.05, 3.63) is 72.4 Å². The summed E-state index contributed by atoms with van der Waals surface area (Å²) in [5, 5.41) is 14.6. The minimum Gasteiger partial charge on any atom is -0.481 e. The van der Waals surface area contributed by atoms with Gasteiger partial charge in [-0.25, -0.2) is 14.6 Å². The summed E-state index contributed by atoms with van der Waals surface area (Å²) in [6.07, 6.45) is -2.73. The van der Waals surface area contributed by atoms with Gasteiger partial charge in [-0.05, 0) is 58.4 Å². The number of halogens is 5. The normalized spacial score (nSPS) is 15.8. The van der Waals surface area contributed by atoms with Crippen LogP contribution in [-0.2, 0) is 15.5 Å². The third kappa shape index (κ3) is 8.46. The molecule has 4 bridgehead atoms. The lowest BCUT2D eigenvalue weighted by atomic mass is 9.93. The highest BCUT2D eigenvalue weighted by molar-refractivity contribution is 8.00. The van der Waals surface area contributed by atoms with Gasteiger partial charge in [0.25, 0.3) is 5.92 Å². The fourth-order valence-electron chi connectivity index (χ4n) is 4.95. The first-order valence-corrected chi connectivity index (χ1v) is 16.5. The van der Waals surface area contributed by atoms with Gasteiger partial charge in [0.05, 0.1) is 22.2 Å². The quantitative estimate of drug-likeness (QED) is 0.145. The van der Waals surface area contributed by atoms with E-state index in [0.717, 1.165) is 25.8 Å². The molecule has 0 atom stereocenters. The minimum absolute atomic E-state index is 0.0298. The lowest BCUT2D eigenvalue weighted by molar-refractivity contribution is -0.219. The molecule has 3 aromatic heterocycles. The summed E-state index contributed by atoms with van der Waals surface area (Å²) in [5.41, 5.74) is -3.14. The predicted molar refractivity (Wildman–Crippen MR) is 179 cm³/mol. The molecule has 0 radical (unpaired) electrons. The molecule has 5 rings (SSSR count). The number of alkyl halides is 5. The molecule has 16 heteroatoms. The number of fused-ring (bicyclic) bond motifs is 6. The number of hydrogen-bond acceptors (Lipinski definition) is 9. The molecular formula is C34H37F5N6O4S. The van der Waals surface area contributed by atoms with Crippen LogP contribution in [0.25, 0.3) is 16.9 Å². The van der Waals surface area contributed by atoms with Crippen LogP contribution < -0.4 is 14.4 Å². The standard InChI is InChI=1S/C34H37F5N6O4S/c1-31(2,30(46)47)19-44-16-8-18-48-21-33(35,36)23-10-6-5-9-22(23)29-24(13-14-25(40-29)43-50-28-12-7-11-26(44)41-28)45-17-15-27(42-45)49-20-32(3,4)34(37,38)39/h5-7,9-15,17H,8,16,18-21H2,1-4H3,(H,40,43)(H,46,47). The Morgan fingerprint density at radius 1 is 1.04 bits per heavy atom. The molecule has 0 saturated carbocycles. The number of hydrogen-bond donors (Lipinski definition) is 2. The zero-order valence-corrected chi connectivity index (χ0v) is 28.6. The smallest absolute Gasteiger partial charge is 0.397 e. The first-order chi connectivity index (χ1) is 23.5. The fraction of sp³-hybridized carbons (Fsp3) is 0.412. The van der Waals surface area contributed by atoms with E-state index >= 15 is 8.78 Å². The molecule has 1 aromatic carbocycles. The van der Waals surface area contributed by atoms with Crippen molar-refractivity contribution in [2.75, 3.05) is 42.5 Å². The van der Waals surface area contributed by atoms with Crippen molar-refractivity contribution in [3.63, 3.8) is 0 Å². The molecule has 1 aliphatic rings. The molecule has 0 saturated heterocycles. The molecule has 1 aliphatic heterocycles. The van der Waals surface area contributed by atoms with Crippen molar-refractivity contribution >= 4 is 29.6 Å². The van der Waals surface area contributed by atoms with Crippen LogP contribution in [0.2, 0.25) is 0 Å². The number of carboxylic acid groups (broad SMARTS) is 1. The molecule has 10 nitrogen and oxygen atoms in total. The van der Waals surface area contributed by atoms with Crippen LogP contribution in [0.1, 0.15) is 39.7 Å². The molecule has 0 fully saturated rings. The third-order valence-electron chi connectivity index (χ3n) is 8.07. The van der Waals surface area contributed by atoms with E-state index in [-0.39, 0.29) is 41.5 Å². The molecule has 0 unspecified atom stereocenters. The van der Waals surface area contributed by atoms with E-state index < -0.39 is 42.1 Å². The van der Waals surface area contributed by atoms with Gasteiger partial charge in [-0.3, -0.25) is 4.79 Å². The van der Waals surface area contributed by atoms with Gasteiger partial charge in [0, 0.05) is 55.0 Å². The van der Waals surface area contributed by atoms with Crippen molar-refractivity contribution in [1.82, 2.24) is 19.7 Å². The van der Waals surface area contributed by atoms with E-state index in [4.69, 9.17) is 19.4 Å². The summed E-state index contributed by atoms with van der Waals surface area (Å²) in [6, 6.07) is 15.7. The number of carboxylic acids is 1. The molecule has 0 amide bonds.